The summed E-state index contributed by atoms with van der Waals surface area (Å²) < 4.78 is 18.2. The third-order valence-corrected chi connectivity index (χ3v) is 2.15. The molecule has 0 bridgehead atoms. The van der Waals surface area contributed by atoms with Crippen LogP contribution in [0, 0.1) is 5.82 Å². The predicted octanol–water partition coefficient (Wildman–Crippen LogP) is 1.04. The van der Waals surface area contributed by atoms with Crippen molar-refractivity contribution in [2.45, 2.75) is 13.0 Å². The van der Waals surface area contributed by atoms with E-state index < -0.39 is 11.9 Å². The molecule has 0 fully saturated rings. The molecule has 1 atom stereocenters. The standard InChI is InChI=1S/C12H16FNO3/c1-9(15)7-14(2)12(16)8-17-11-6-4-3-5-10(11)13/h3-6,9,15H,7-8H2,1-2H3. The molecule has 1 amide bonds. The summed E-state index contributed by atoms with van der Waals surface area (Å²) in [7, 11) is 1.56. The fraction of sp³-hybridized carbons (Fsp3) is 0.417. The molecule has 0 saturated heterocycles. The van der Waals surface area contributed by atoms with Crippen molar-refractivity contribution < 1.29 is 19.0 Å². The first-order chi connectivity index (χ1) is 8.00. The molecular weight excluding hydrogens is 225 g/mol. The van der Waals surface area contributed by atoms with Crippen molar-refractivity contribution in [2.24, 2.45) is 0 Å². The number of hydrogen-bond donors (Lipinski definition) is 1. The zero-order valence-electron chi connectivity index (χ0n) is 9.89. The predicted molar refractivity (Wildman–Crippen MR) is 61.2 cm³/mol. The molecule has 0 aromatic heterocycles. The number of para-hydroxylation sites is 1. The molecule has 1 rings (SSSR count). The van der Waals surface area contributed by atoms with Gasteiger partial charge in [-0.05, 0) is 19.1 Å². The Labute approximate surface area is 99.6 Å². The lowest BCUT2D eigenvalue weighted by Gasteiger charge is -2.18. The third-order valence-electron chi connectivity index (χ3n) is 2.15. The van der Waals surface area contributed by atoms with Crippen LogP contribution in [0.25, 0.3) is 0 Å². The Morgan fingerprint density at radius 2 is 2.18 bits per heavy atom. The first-order valence-electron chi connectivity index (χ1n) is 5.30. The van der Waals surface area contributed by atoms with Crippen molar-refractivity contribution >= 4 is 5.91 Å². The molecule has 0 heterocycles. The van der Waals surface area contributed by atoms with Crippen molar-refractivity contribution in [3.63, 3.8) is 0 Å². The van der Waals surface area contributed by atoms with Gasteiger partial charge in [-0.15, -0.1) is 0 Å². The van der Waals surface area contributed by atoms with Gasteiger partial charge in [0.2, 0.25) is 0 Å². The van der Waals surface area contributed by atoms with Gasteiger partial charge in [-0.3, -0.25) is 4.79 Å². The Balaban J connectivity index is 2.46. The van der Waals surface area contributed by atoms with Crippen molar-refractivity contribution in [3.05, 3.63) is 30.1 Å². The fourth-order valence-electron chi connectivity index (χ4n) is 1.31. The van der Waals surface area contributed by atoms with Crippen molar-refractivity contribution in [1.29, 1.82) is 0 Å². The lowest BCUT2D eigenvalue weighted by Crippen LogP contribution is -2.36. The maximum absolute atomic E-state index is 13.2. The zero-order chi connectivity index (χ0) is 12.8. The van der Waals surface area contributed by atoms with Crippen LogP contribution >= 0.6 is 0 Å². The number of aliphatic hydroxyl groups excluding tert-OH is 1. The summed E-state index contributed by atoms with van der Waals surface area (Å²) in [6.45, 7) is 1.56. The van der Waals surface area contributed by atoms with Crippen molar-refractivity contribution in [1.82, 2.24) is 4.90 Å². The molecule has 1 N–H and O–H groups in total. The second kappa shape index (κ2) is 6.20. The molecular formula is C12H16FNO3. The van der Waals surface area contributed by atoms with E-state index in [0.29, 0.717) is 0 Å². The van der Waals surface area contributed by atoms with E-state index in [4.69, 9.17) is 9.84 Å². The average molecular weight is 241 g/mol. The number of ether oxygens (including phenoxy) is 1. The van der Waals surface area contributed by atoms with Crippen LogP contribution < -0.4 is 4.74 Å². The molecule has 1 aromatic rings. The summed E-state index contributed by atoms with van der Waals surface area (Å²) >= 11 is 0. The number of amides is 1. The highest BCUT2D eigenvalue weighted by atomic mass is 19.1. The number of halogens is 1. The molecule has 0 aliphatic heterocycles. The molecule has 0 aliphatic carbocycles. The van der Waals surface area contributed by atoms with E-state index in [-0.39, 0.29) is 24.8 Å². The summed E-state index contributed by atoms with van der Waals surface area (Å²) in [5, 5.41) is 9.11. The van der Waals surface area contributed by atoms with E-state index in [2.05, 4.69) is 0 Å². The van der Waals surface area contributed by atoms with Gasteiger partial charge in [0, 0.05) is 13.6 Å². The summed E-state index contributed by atoms with van der Waals surface area (Å²) in [5.41, 5.74) is 0. The highest BCUT2D eigenvalue weighted by Gasteiger charge is 2.12. The van der Waals surface area contributed by atoms with Gasteiger partial charge in [0.05, 0.1) is 6.10 Å². The van der Waals surface area contributed by atoms with Crippen molar-refractivity contribution in [3.8, 4) is 5.75 Å². The Morgan fingerprint density at radius 1 is 1.53 bits per heavy atom. The van der Waals surface area contributed by atoms with Gasteiger partial charge in [-0.2, -0.15) is 0 Å². The van der Waals surface area contributed by atoms with Crippen LogP contribution in [0.3, 0.4) is 0 Å². The highest BCUT2D eigenvalue weighted by Crippen LogP contribution is 2.15. The highest BCUT2D eigenvalue weighted by molar-refractivity contribution is 5.77. The van der Waals surface area contributed by atoms with Gasteiger partial charge >= 0.3 is 0 Å². The van der Waals surface area contributed by atoms with Gasteiger partial charge in [-0.1, -0.05) is 12.1 Å². The van der Waals surface area contributed by atoms with Gasteiger partial charge in [0.15, 0.2) is 18.2 Å². The van der Waals surface area contributed by atoms with Gasteiger partial charge in [0.1, 0.15) is 0 Å². The molecule has 1 aromatic carbocycles. The number of likely N-dealkylation sites (N-methyl/N-ethyl adjacent to an activating group) is 1. The largest absolute Gasteiger partial charge is 0.481 e. The summed E-state index contributed by atoms with van der Waals surface area (Å²) in [5.74, 6) is -0.765. The topological polar surface area (TPSA) is 49.8 Å². The van der Waals surface area contributed by atoms with E-state index in [1.54, 1.807) is 26.1 Å². The monoisotopic (exact) mass is 241 g/mol. The number of benzene rings is 1. The van der Waals surface area contributed by atoms with Gasteiger partial charge < -0.3 is 14.7 Å². The Kier molecular flexibility index (Phi) is 4.90. The summed E-state index contributed by atoms with van der Waals surface area (Å²) in [6.07, 6.45) is -0.600. The molecule has 1 unspecified atom stereocenters. The SMILES string of the molecule is CC(O)CN(C)C(=O)COc1ccccc1F. The van der Waals surface area contributed by atoms with Crippen molar-refractivity contribution in [2.75, 3.05) is 20.2 Å². The number of carbonyl (C=O) groups is 1. The van der Waals surface area contributed by atoms with E-state index in [1.165, 1.54) is 17.0 Å². The minimum Gasteiger partial charge on any atom is -0.481 e. The quantitative estimate of drug-likeness (QED) is 0.838. The van der Waals surface area contributed by atoms with E-state index in [9.17, 15) is 9.18 Å². The molecule has 5 heteroatoms. The maximum atomic E-state index is 13.2. The second-order valence-electron chi connectivity index (χ2n) is 3.84. The van der Waals surface area contributed by atoms with Gasteiger partial charge in [0.25, 0.3) is 5.91 Å². The van der Waals surface area contributed by atoms with E-state index >= 15 is 0 Å². The molecule has 4 nitrogen and oxygen atoms in total. The Bertz CT molecular complexity index is 382. The minimum absolute atomic E-state index is 0.0475. The smallest absolute Gasteiger partial charge is 0.260 e. The number of aliphatic hydroxyl groups is 1. The summed E-state index contributed by atoms with van der Waals surface area (Å²) in [6, 6.07) is 5.89. The van der Waals surface area contributed by atoms with Crippen LogP contribution in [-0.4, -0.2) is 42.2 Å². The molecule has 0 spiro atoms. The molecule has 0 saturated carbocycles. The maximum Gasteiger partial charge on any atom is 0.260 e. The Hall–Kier alpha value is -1.62. The van der Waals surface area contributed by atoms with E-state index in [0.717, 1.165) is 0 Å². The number of carbonyl (C=O) groups excluding carboxylic acids is 1. The molecule has 94 valence electrons. The average Bonchev–Trinajstić information content (AvgIpc) is 2.26. The van der Waals surface area contributed by atoms with Crippen LogP contribution in [0.5, 0.6) is 5.75 Å². The van der Waals surface area contributed by atoms with Crippen LogP contribution in [0.1, 0.15) is 6.92 Å². The number of rotatable bonds is 5. The fourth-order valence-corrected chi connectivity index (χ4v) is 1.31. The van der Waals surface area contributed by atoms with Crippen LogP contribution in [0.15, 0.2) is 24.3 Å². The van der Waals surface area contributed by atoms with Crippen LogP contribution in [-0.2, 0) is 4.79 Å². The molecule has 0 aliphatic rings. The zero-order valence-corrected chi connectivity index (χ0v) is 9.89. The molecule has 17 heavy (non-hydrogen) atoms. The number of hydrogen-bond acceptors (Lipinski definition) is 3. The lowest BCUT2D eigenvalue weighted by molar-refractivity contribution is -0.133. The number of nitrogens with zero attached hydrogens (tertiary/aromatic N) is 1. The summed E-state index contributed by atoms with van der Waals surface area (Å²) in [4.78, 5) is 12.9. The Morgan fingerprint density at radius 3 is 2.76 bits per heavy atom. The molecule has 0 radical (unpaired) electrons. The first-order valence-corrected chi connectivity index (χ1v) is 5.30. The van der Waals surface area contributed by atoms with E-state index in [1.807, 2.05) is 0 Å². The van der Waals surface area contributed by atoms with Gasteiger partial charge in [-0.25, -0.2) is 4.39 Å². The minimum atomic E-state index is -0.600. The lowest BCUT2D eigenvalue weighted by atomic mass is 10.3. The first kappa shape index (κ1) is 13.4. The van der Waals surface area contributed by atoms with Crippen LogP contribution in [0.4, 0.5) is 4.39 Å². The second-order valence-corrected chi connectivity index (χ2v) is 3.84. The van der Waals surface area contributed by atoms with Crippen LogP contribution in [0.2, 0.25) is 0 Å². The third kappa shape index (κ3) is 4.40. The normalized spacial score (nSPS) is 12.0.